The van der Waals surface area contributed by atoms with Crippen molar-refractivity contribution in [1.82, 2.24) is 4.98 Å². The smallest absolute Gasteiger partial charge is 0.231 e. The minimum atomic E-state index is 0.315. The first kappa shape index (κ1) is 12.8. The van der Waals surface area contributed by atoms with Crippen LogP contribution in [0.3, 0.4) is 0 Å². The molecule has 4 heteroatoms. The molecule has 1 aromatic carbocycles. The number of hydrogen-bond donors (Lipinski definition) is 0. The topological polar surface area (TPSA) is 34.6 Å². The summed E-state index contributed by atoms with van der Waals surface area (Å²) >= 11 is 0. The fraction of sp³-hybridized carbons (Fsp3) is 0.312. The number of anilines is 1. The summed E-state index contributed by atoms with van der Waals surface area (Å²) < 4.78 is 10.8. The highest BCUT2D eigenvalue weighted by Crippen LogP contribution is 2.33. The first-order valence-corrected chi connectivity index (χ1v) is 6.83. The second kappa shape index (κ2) is 5.41. The molecular weight excluding hydrogens is 252 g/mol. The zero-order valence-corrected chi connectivity index (χ0v) is 11.8. The largest absolute Gasteiger partial charge is 0.454 e. The lowest BCUT2D eigenvalue weighted by Gasteiger charge is -2.22. The molecule has 0 N–H and O–H groups in total. The van der Waals surface area contributed by atoms with Crippen LogP contribution in [0.5, 0.6) is 11.5 Å². The van der Waals surface area contributed by atoms with Crippen LogP contribution in [0, 0.1) is 6.92 Å². The quantitative estimate of drug-likeness (QED) is 0.855. The molecule has 4 nitrogen and oxygen atoms in total. The van der Waals surface area contributed by atoms with Crippen molar-refractivity contribution >= 4 is 5.82 Å². The van der Waals surface area contributed by atoms with Crippen LogP contribution in [-0.4, -0.2) is 18.3 Å². The fourth-order valence-electron chi connectivity index (χ4n) is 2.32. The summed E-state index contributed by atoms with van der Waals surface area (Å²) in [7, 11) is 0. The molecule has 0 radical (unpaired) electrons. The van der Waals surface area contributed by atoms with Crippen molar-refractivity contribution in [3.05, 3.63) is 47.7 Å². The first-order valence-electron chi connectivity index (χ1n) is 6.83. The number of hydrogen-bond acceptors (Lipinski definition) is 4. The molecule has 0 saturated carbocycles. The number of pyridine rings is 1. The highest BCUT2D eigenvalue weighted by molar-refractivity contribution is 5.46. The van der Waals surface area contributed by atoms with E-state index in [0.717, 1.165) is 36.1 Å². The summed E-state index contributed by atoms with van der Waals surface area (Å²) in [5, 5.41) is 0. The van der Waals surface area contributed by atoms with Crippen molar-refractivity contribution in [2.45, 2.75) is 20.4 Å². The van der Waals surface area contributed by atoms with Gasteiger partial charge in [0.2, 0.25) is 6.79 Å². The van der Waals surface area contributed by atoms with E-state index >= 15 is 0 Å². The Hall–Kier alpha value is -2.23. The van der Waals surface area contributed by atoms with Gasteiger partial charge in [0.1, 0.15) is 5.82 Å². The number of fused-ring (bicyclic) bond motifs is 1. The molecule has 104 valence electrons. The van der Waals surface area contributed by atoms with E-state index in [1.807, 2.05) is 37.3 Å². The highest BCUT2D eigenvalue weighted by atomic mass is 16.7. The summed E-state index contributed by atoms with van der Waals surface area (Å²) in [5.74, 6) is 2.66. The third-order valence-electron chi connectivity index (χ3n) is 3.39. The Labute approximate surface area is 119 Å². The summed E-state index contributed by atoms with van der Waals surface area (Å²) in [6.07, 6.45) is 0. The predicted molar refractivity (Wildman–Crippen MR) is 78.3 cm³/mol. The Morgan fingerprint density at radius 2 is 2.00 bits per heavy atom. The number of ether oxygens (including phenoxy) is 2. The minimum absolute atomic E-state index is 0.315. The minimum Gasteiger partial charge on any atom is -0.454 e. The van der Waals surface area contributed by atoms with E-state index in [1.54, 1.807) is 0 Å². The molecule has 20 heavy (non-hydrogen) atoms. The van der Waals surface area contributed by atoms with E-state index in [1.165, 1.54) is 5.56 Å². The Morgan fingerprint density at radius 3 is 2.80 bits per heavy atom. The van der Waals surface area contributed by atoms with E-state index in [4.69, 9.17) is 9.47 Å². The lowest BCUT2D eigenvalue weighted by Crippen LogP contribution is -2.23. The van der Waals surface area contributed by atoms with Crippen molar-refractivity contribution in [3.63, 3.8) is 0 Å². The van der Waals surface area contributed by atoms with Crippen molar-refractivity contribution in [1.29, 1.82) is 0 Å². The van der Waals surface area contributed by atoms with Crippen molar-refractivity contribution < 1.29 is 9.47 Å². The van der Waals surface area contributed by atoms with Gasteiger partial charge >= 0.3 is 0 Å². The molecule has 1 aliphatic heterocycles. The average molecular weight is 270 g/mol. The van der Waals surface area contributed by atoms with Crippen LogP contribution in [0.2, 0.25) is 0 Å². The predicted octanol–water partition coefficient (Wildman–Crippen LogP) is 3.15. The molecule has 0 fully saturated rings. The SMILES string of the molecule is CCN(Cc1ccc2c(c1)OCO2)c1cccc(C)n1. The number of rotatable bonds is 4. The normalized spacial score (nSPS) is 12.5. The van der Waals surface area contributed by atoms with Crippen molar-refractivity contribution in [2.24, 2.45) is 0 Å². The summed E-state index contributed by atoms with van der Waals surface area (Å²) in [5.41, 5.74) is 2.23. The maximum atomic E-state index is 5.42. The van der Waals surface area contributed by atoms with Gasteiger partial charge in [0.15, 0.2) is 11.5 Å². The molecule has 2 heterocycles. The molecule has 0 bridgehead atoms. The van der Waals surface area contributed by atoms with Crippen LogP contribution >= 0.6 is 0 Å². The molecule has 2 aromatic rings. The van der Waals surface area contributed by atoms with Gasteiger partial charge in [-0.15, -0.1) is 0 Å². The zero-order valence-electron chi connectivity index (χ0n) is 11.8. The van der Waals surface area contributed by atoms with Crippen LogP contribution in [0.15, 0.2) is 36.4 Å². The Bertz CT molecular complexity index is 613. The molecule has 3 rings (SSSR count). The molecule has 0 spiro atoms. The molecule has 1 aliphatic rings. The summed E-state index contributed by atoms with van der Waals surface area (Å²) in [6.45, 7) is 6.18. The maximum absolute atomic E-state index is 5.42. The fourth-order valence-corrected chi connectivity index (χ4v) is 2.32. The average Bonchev–Trinajstić information content (AvgIpc) is 2.92. The molecular formula is C16H18N2O2. The Balaban J connectivity index is 1.81. The van der Waals surface area contributed by atoms with Crippen LogP contribution in [-0.2, 0) is 6.54 Å². The molecule has 0 saturated heterocycles. The second-order valence-electron chi connectivity index (χ2n) is 4.84. The van der Waals surface area contributed by atoms with Gasteiger partial charge in [-0.3, -0.25) is 0 Å². The number of nitrogens with zero attached hydrogens (tertiary/aromatic N) is 2. The molecule has 1 aromatic heterocycles. The van der Waals surface area contributed by atoms with Gasteiger partial charge in [-0.2, -0.15) is 0 Å². The molecule has 0 unspecified atom stereocenters. The number of aryl methyl sites for hydroxylation is 1. The van der Waals surface area contributed by atoms with Crippen LogP contribution in [0.4, 0.5) is 5.82 Å². The molecule has 0 amide bonds. The molecule has 0 aliphatic carbocycles. The van der Waals surface area contributed by atoms with E-state index < -0.39 is 0 Å². The van der Waals surface area contributed by atoms with E-state index in [0.29, 0.717) is 6.79 Å². The first-order chi connectivity index (χ1) is 9.76. The lowest BCUT2D eigenvalue weighted by molar-refractivity contribution is 0.174. The van der Waals surface area contributed by atoms with Crippen LogP contribution in [0.25, 0.3) is 0 Å². The van der Waals surface area contributed by atoms with E-state index in [2.05, 4.69) is 22.9 Å². The van der Waals surface area contributed by atoms with Crippen molar-refractivity contribution in [2.75, 3.05) is 18.2 Å². The van der Waals surface area contributed by atoms with Gasteiger partial charge in [0.05, 0.1) is 0 Å². The monoisotopic (exact) mass is 270 g/mol. The summed E-state index contributed by atoms with van der Waals surface area (Å²) in [6, 6.07) is 12.2. The summed E-state index contributed by atoms with van der Waals surface area (Å²) in [4.78, 5) is 6.82. The van der Waals surface area contributed by atoms with E-state index in [-0.39, 0.29) is 0 Å². The van der Waals surface area contributed by atoms with Gasteiger partial charge in [-0.1, -0.05) is 12.1 Å². The maximum Gasteiger partial charge on any atom is 0.231 e. The highest BCUT2D eigenvalue weighted by Gasteiger charge is 2.14. The Kier molecular flexibility index (Phi) is 3.46. The van der Waals surface area contributed by atoms with Gasteiger partial charge in [0.25, 0.3) is 0 Å². The molecule has 0 atom stereocenters. The lowest BCUT2D eigenvalue weighted by atomic mass is 10.2. The van der Waals surface area contributed by atoms with Gasteiger partial charge in [-0.05, 0) is 43.7 Å². The number of aromatic nitrogens is 1. The van der Waals surface area contributed by atoms with Gasteiger partial charge < -0.3 is 14.4 Å². The standard InChI is InChI=1S/C16H18N2O2/c1-3-18(16-6-4-5-12(2)17-16)10-13-7-8-14-15(9-13)20-11-19-14/h4-9H,3,10-11H2,1-2H3. The zero-order chi connectivity index (χ0) is 13.9. The Morgan fingerprint density at radius 1 is 1.15 bits per heavy atom. The van der Waals surface area contributed by atoms with Gasteiger partial charge in [-0.25, -0.2) is 4.98 Å². The van der Waals surface area contributed by atoms with Crippen molar-refractivity contribution in [3.8, 4) is 11.5 Å². The van der Waals surface area contributed by atoms with Gasteiger partial charge in [0, 0.05) is 18.8 Å². The van der Waals surface area contributed by atoms with Crippen LogP contribution in [0.1, 0.15) is 18.2 Å². The third-order valence-corrected chi connectivity index (χ3v) is 3.39. The van der Waals surface area contributed by atoms with E-state index in [9.17, 15) is 0 Å². The second-order valence-corrected chi connectivity index (χ2v) is 4.84. The third kappa shape index (κ3) is 2.54. The van der Waals surface area contributed by atoms with Crippen LogP contribution < -0.4 is 14.4 Å². The number of benzene rings is 1.